The van der Waals surface area contributed by atoms with Crippen molar-refractivity contribution in [3.63, 3.8) is 0 Å². The molecule has 2 bridgehead atoms. The number of nitrogens with zero attached hydrogens (tertiary/aromatic N) is 1. The minimum Gasteiger partial charge on any atom is -0.504 e. The summed E-state index contributed by atoms with van der Waals surface area (Å²) < 4.78 is 27.8. The Labute approximate surface area is 274 Å². The van der Waals surface area contributed by atoms with Crippen molar-refractivity contribution >= 4 is 24.0 Å². The predicted molar refractivity (Wildman–Crippen MR) is 166 cm³/mol. The molecule has 2 aliphatic heterocycles. The summed E-state index contributed by atoms with van der Waals surface area (Å²) in [5, 5.41) is 25.6. The Morgan fingerprint density at radius 1 is 1.09 bits per heavy atom. The zero-order chi connectivity index (χ0) is 34.6. The lowest BCUT2D eigenvalue weighted by Crippen LogP contribution is -2.74. The number of phenolic OH excluding ortho intramolecular Hbond substituents is 1. The van der Waals surface area contributed by atoms with Gasteiger partial charge in [0, 0.05) is 18.0 Å². The third kappa shape index (κ3) is 6.15. The van der Waals surface area contributed by atoms with E-state index in [1.165, 1.54) is 13.8 Å². The Balaban J connectivity index is 1.28. The number of likely N-dealkylation sites (tertiary alicyclic amines) is 1. The number of esters is 2. The fourth-order valence-corrected chi connectivity index (χ4v) is 7.39. The molecule has 1 fully saturated rings. The van der Waals surface area contributed by atoms with E-state index < -0.39 is 65.0 Å². The highest BCUT2D eigenvalue weighted by atomic mass is 16.7. The standard InChI is InChI=1S/C34H46N2O11/c1-17(2)15-21(35-28(38)18(3)44-31(41)47-32(5,6)7)30(40)43-19(4)29(39)45-23-11-12-34(42)24-16-20-9-10-22(37)26-25(20)33(34,27(23)46-26)13-14-36(24)8/h9-11,17-19,21,24,27,37,42H,12-16H2,1-8H3,(H,35,38)/t18-,19-,21-,24-,27-,33-,34+/m0/s1. The number of hydrogen-bond donors (Lipinski definition) is 3. The lowest BCUT2D eigenvalue weighted by atomic mass is 9.50. The second kappa shape index (κ2) is 12.3. The Morgan fingerprint density at radius 3 is 2.45 bits per heavy atom. The smallest absolute Gasteiger partial charge is 0.504 e. The van der Waals surface area contributed by atoms with Crippen LogP contribution in [0.4, 0.5) is 4.79 Å². The van der Waals surface area contributed by atoms with Gasteiger partial charge in [0.1, 0.15) is 17.4 Å². The van der Waals surface area contributed by atoms with Gasteiger partial charge in [0.05, 0.1) is 11.0 Å². The topological polar surface area (TPSA) is 170 Å². The second-order valence-electron chi connectivity index (χ2n) is 14.5. The highest BCUT2D eigenvalue weighted by molar-refractivity contribution is 5.89. The molecular weight excluding hydrogens is 612 g/mol. The van der Waals surface area contributed by atoms with Crippen LogP contribution in [0.15, 0.2) is 24.0 Å². The van der Waals surface area contributed by atoms with Gasteiger partial charge in [-0.1, -0.05) is 19.9 Å². The second-order valence-corrected chi connectivity index (χ2v) is 14.5. The van der Waals surface area contributed by atoms with Gasteiger partial charge in [-0.05, 0) is 91.1 Å². The summed E-state index contributed by atoms with van der Waals surface area (Å²) in [5.41, 5.74) is -1.26. The highest BCUT2D eigenvalue weighted by Gasteiger charge is 2.72. The van der Waals surface area contributed by atoms with Crippen LogP contribution in [0.1, 0.15) is 78.9 Å². The molecule has 47 heavy (non-hydrogen) atoms. The fourth-order valence-electron chi connectivity index (χ4n) is 7.39. The summed E-state index contributed by atoms with van der Waals surface area (Å²) in [5.74, 6) is -2.10. The molecule has 13 nitrogen and oxygen atoms in total. The number of amides is 1. The molecule has 1 saturated heterocycles. The Bertz CT molecular complexity index is 1480. The summed E-state index contributed by atoms with van der Waals surface area (Å²) >= 11 is 0. The molecule has 0 aromatic heterocycles. The largest absolute Gasteiger partial charge is 0.509 e. The lowest BCUT2D eigenvalue weighted by molar-refractivity contribution is -0.176. The van der Waals surface area contributed by atoms with Crippen molar-refractivity contribution in [3.05, 3.63) is 35.1 Å². The van der Waals surface area contributed by atoms with Crippen LogP contribution in [0, 0.1) is 5.92 Å². The third-order valence-corrected chi connectivity index (χ3v) is 9.54. The molecule has 4 aliphatic rings. The van der Waals surface area contributed by atoms with E-state index >= 15 is 0 Å². The van der Waals surface area contributed by atoms with E-state index in [0.29, 0.717) is 19.4 Å². The molecule has 1 aromatic rings. The number of benzene rings is 1. The number of ether oxygens (including phenoxy) is 5. The van der Waals surface area contributed by atoms with Crippen LogP contribution in [0.2, 0.25) is 0 Å². The first kappa shape index (κ1) is 34.5. The van der Waals surface area contributed by atoms with Crippen LogP contribution >= 0.6 is 0 Å². The molecule has 13 heteroatoms. The Morgan fingerprint density at radius 2 is 1.79 bits per heavy atom. The summed E-state index contributed by atoms with van der Waals surface area (Å²) in [7, 11) is 1.98. The van der Waals surface area contributed by atoms with Gasteiger partial charge in [-0.2, -0.15) is 0 Å². The Hall–Kier alpha value is -3.84. The van der Waals surface area contributed by atoms with Gasteiger partial charge in [-0.3, -0.25) is 4.79 Å². The van der Waals surface area contributed by atoms with Gasteiger partial charge in [-0.25, -0.2) is 14.4 Å². The quantitative estimate of drug-likeness (QED) is 0.262. The lowest BCUT2D eigenvalue weighted by Gasteiger charge is -2.61. The van der Waals surface area contributed by atoms with Gasteiger partial charge >= 0.3 is 18.1 Å². The summed E-state index contributed by atoms with van der Waals surface area (Å²) in [4.78, 5) is 53.6. The van der Waals surface area contributed by atoms with Crippen molar-refractivity contribution in [2.24, 2.45) is 5.92 Å². The van der Waals surface area contributed by atoms with Gasteiger partial charge < -0.3 is 44.1 Å². The number of carbonyl (C=O) groups excluding carboxylic acids is 4. The molecule has 1 spiro atoms. The average molecular weight is 659 g/mol. The SMILES string of the molecule is CC(C)C[C@H](NC(=O)[C@H](C)OC(=O)OC(C)(C)C)C(=O)O[C@@H](C)C(=O)OC1=CC[C@@]2(O)[C@@H]3Cc4ccc(O)c5c4[C@@]2(CCN3C)[C@H]1O5. The van der Waals surface area contributed by atoms with E-state index in [1.807, 2.05) is 27.0 Å². The molecule has 258 valence electrons. The van der Waals surface area contributed by atoms with E-state index in [2.05, 4.69) is 10.2 Å². The summed E-state index contributed by atoms with van der Waals surface area (Å²) in [6.45, 7) is 12.0. The van der Waals surface area contributed by atoms with Crippen LogP contribution in [-0.2, 0) is 45.2 Å². The molecular formula is C34H46N2O11. The van der Waals surface area contributed by atoms with E-state index in [0.717, 1.165) is 11.1 Å². The molecule has 0 unspecified atom stereocenters. The number of piperidine rings is 1. The zero-order valence-corrected chi connectivity index (χ0v) is 28.2. The normalized spacial score (nSPS) is 27.7. The monoisotopic (exact) mass is 658 g/mol. The minimum absolute atomic E-state index is 0.0427. The molecule has 2 aliphatic carbocycles. The van der Waals surface area contributed by atoms with Gasteiger partial charge in [0.25, 0.3) is 5.91 Å². The van der Waals surface area contributed by atoms with Crippen molar-refractivity contribution in [3.8, 4) is 11.5 Å². The number of hydrogen-bond acceptors (Lipinski definition) is 12. The van der Waals surface area contributed by atoms with Crippen LogP contribution < -0.4 is 10.1 Å². The maximum Gasteiger partial charge on any atom is 0.509 e. The molecule has 3 N–H and O–H groups in total. The van der Waals surface area contributed by atoms with E-state index in [-0.39, 0.29) is 42.1 Å². The van der Waals surface area contributed by atoms with E-state index in [1.54, 1.807) is 32.9 Å². The third-order valence-electron chi connectivity index (χ3n) is 9.54. The first-order valence-corrected chi connectivity index (χ1v) is 16.1. The van der Waals surface area contributed by atoms with E-state index in [4.69, 9.17) is 23.7 Å². The average Bonchev–Trinajstić information content (AvgIpc) is 3.32. The molecule has 0 saturated carbocycles. The van der Waals surface area contributed by atoms with Crippen molar-refractivity contribution < 1.29 is 53.1 Å². The Kier molecular flexibility index (Phi) is 9.04. The van der Waals surface area contributed by atoms with Crippen molar-refractivity contribution in [1.82, 2.24) is 10.2 Å². The van der Waals surface area contributed by atoms with Crippen LogP contribution in [0.25, 0.3) is 0 Å². The van der Waals surface area contributed by atoms with Crippen LogP contribution in [-0.4, -0.2) is 94.3 Å². The van der Waals surface area contributed by atoms with Gasteiger partial charge in [0.15, 0.2) is 29.8 Å². The number of aliphatic hydroxyl groups is 1. The van der Waals surface area contributed by atoms with E-state index in [9.17, 15) is 29.4 Å². The van der Waals surface area contributed by atoms with Crippen LogP contribution in [0.5, 0.6) is 11.5 Å². The van der Waals surface area contributed by atoms with Crippen molar-refractivity contribution in [1.29, 1.82) is 0 Å². The highest BCUT2D eigenvalue weighted by Crippen LogP contribution is 2.65. The molecule has 2 heterocycles. The number of likely N-dealkylation sites (N-methyl/N-ethyl adjacent to an activating group) is 1. The van der Waals surface area contributed by atoms with Crippen molar-refractivity contribution in [2.45, 2.75) is 121 Å². The number of phenols is 1. The molecule has 0 radical (unpaired) electrons. The minimum atomic E-state index is -1.37. The summed E-state index contributed by atoms with van der Waals surface area (Å²) in [6.07, 6.45) is -1.42. The summed E-state index contributed by atoms with van der Waals surface area (Å²) in [6, 6.07) is 2.09. The van der Waals surface area contributed by atoms with Crippen LogP contribution in [0.3, 0.4) is 0 Å². The number of rotatable bonds is 9. The molecule has 7 atom stereocenters. The fraction of sp³-hybridized carbons (Fsp3) is 0.647. The molecule has 1 amide bonds. The van der Waals surface area contributed by atoms with Gasteiger partial charge in [-0.15, -0.1) is 0 Å². The van der Waals surface area contributed by atoms with Crippen molar-refractivity contribution in [2.75, 3.05) is 13.6 Å². The van der Waals surface area contributed by atoms with Gasteiger partial charge in [0.2, 0.25) is 0 Å². The molecule has 1 aromatic carbocycles. The molecule has 5 rings (SSSR count). The number of carbonyl (C=O) groups is 4. The maximum absolute atomic E-state index is 13.4. The number of aromatic hydroxyl groups is 1. The first-order chi connectivity index (χ1) is 21.9. The zero-order valence-electron chi connectivity index (χ0n) is 28.2. The predicted octanol–water partition coefficient (Wildman–Crippen LogP) is 3.02. The first-order valence-electron chi connectivity index (χ1n) is 16.1. The maximum atomic E-state index is 13.4. The number of nitrogens with one attached hydrogen (secondary N) is 1.